The number of likely N-dealkylation sites (tertiary alicyclic amines) is 1. The number of nitrogens with one attached hydrogen (secondary N) is 4. The number of aliphatic hydroxyl groups is 1. The van der Waals surface area contributed by atoms with E-state index in [2.05, 4.69) is 31.2 Å². The number of aliphatic hydroxyl groups excluding tert-OH is 1. The summed E-state index contributed by atoms with van der Waals surface area (Å²) in [6, 6.07) is -3.26. The van der Waals surface area contributed by atoms with E-state index in [1.54, 1.807) is 4.90 Å². The van der Waals surface area contributed by atoms with Crippen LogP contribution in [0.2, 0.25) is 0 Å². The zero-order valence-electron chi connectivity index (χ0n) is 28.5. The summed E-state index contributed by atoms with van der Waals surface area (Å²) >= 11 is 0. The second-order valence-corrected chi connectivity index (χ2v) is 14.6. The highest BCUT2D eigenvalue weighted by Gasteiger charge is 2.51. The highest BCUT2D eigenvalue weighted by molar-refractivity contribution is 5.98. The third-order valence-electron chi connectivity index (χ3n) is 10.7. The van der Waals surface area contributed by atoms with Crippen molar-refractivity contribution in [3.63, 3.8) is 0 Å². The Labute approximate surface area is 283 Å². The zero-order chi connectivity index (χ0) is 34.4. The Bertz CT molecular complexity index is 1300. The van der Waals surface area contributed by atoms with Crippen LogP contribution in [0.4, 0.5) is 0 Å². The first kappa shape index (κ1) is 35.7. The van der Waals surface area contributed by atoms with Crippen molar-refractivity contribution in [2.75, 3.05) is 6.54 Å². The average molecular weight is 668 g/mol. The van der Waals surface area contributed by atoms with Crippen LogP contribution in [0.25, 0.3) is 0 Å². The highest BCUT2D eigenvalue weighted by atomic mass is 16.3. The van der Waals surface area contributed by atoms with Crippen molar-refractivity contribution in [1.82, 2.24) is 36.1 Å². The molecule has 0 bridgehead atoms. The van der Waals surface area contributed by atoms with Crippen LogP contribution in [0.15, 0.2) is 18.6 Å². The van der Waals surface area contributed by atoms with Crippen LogP contribution in [0, 0.1) is 23.7 Å². The molecule has 3 aliphatic carbocycles. The highest BCUT2D eigenvalue weighted by Crippen LogP contribution is 2.43. The van der Waals surface area contributed by atoms with Crippen molar-refractivity contribution >= 4 is 29.5 Å². The van der Waals surface area contributed by atoms with Crippen LogP contribution in [0.5, 0.6) is 0 Å². The Balaban J connectivity index is 1.32. The molecule has 1 aromatic rings. The van der Waals surface area contributed by atoms with Crippen LogP contribution >= 0.6 is 0 Å². The van der Waals surface area contributed by atoms with Crippen LogP contribution in [0.3, 0.4) is 0 Å². The fraction of sp³-hybridized carbons (Fsp3) is 0.743. The van der Waals surface area contributed by atoms with Crippen molar-refractivity contribution in [3.8, 4) is 0 Å². The third kappa shape index (κ3) is 8.51. The number of rotatable bonds is 14. The van der Waals surface area contributed by atoms with Gasteiger partial charge in [0, 0.05) is 25.0 Å². The molecule has 0 aromatic carbocycles. The molecule has 0 radical (unpaired) electrons. The van der Waals surface area contributed by atoms with Gasteiger partial charge in [-0.2, -0.15) is 0 Å². The molecule has 3 saturated carbocycles. The molecule has 7 atom stereocenters. The maximum atomic E-state index is 14.4. The maximum Gasteiger partial charge on any atom is 0.272 e. The van der Waals surface area contributed by atoms with E-state index in [9.17, 15) is 29.1 Å². The summed E-state index contributed by atoms with van der Waals surface area (Å²) < 4.78 is 0. The minimum Gasteiger partial charge on any atom is -0.381 e. The monoisotopic (exact) mass is 667 g/mol. The van der Waals surface area contributed by atoms with E-state index in [1.807, 2.05) is 20.8 Å². The summed E-state index contributed by atoms with van der Waals surface area (Å²) in [6.07, 6.45) is 12.9. The Kier molecular flexibility index (Phi) is 12.0. The van der Waals surface area contributed by atoms with E-state index in [4.69, 9.17) is 0 Å². The van der Waals surface area contributed by atoms with Gasteiger partial charge in [-0.15, -0.1) is 0 Å². The SMILES string of the molecule is CCC[C@H](NC(=O)[C@@H]1[C@H]2CCC[C@H]2CN1C(=O)[C@@H](NC(=O)[C@@H](NC(=O)c1cnccn1)C1CCCCC1)C(C)C)C(O)C(=O)NC1CC1. The molecule has 0 spiro atoms. The number of hydrogen-bond donors (Lipinski definition) is 5. The lowest BCUT2D eigenvalue weighted by molar-refractivity contribution is -0.144. The number of carbonyl (C=O) groups is 5. The first-order valence-electron chi connectivity index (χ1n) is 18.1. The molecule has 13 heteroatoms. The maximum absolute atomic E-state index is 14.4. The molecule has 13 nitrogen and oxygen atoms in total. The van der Waals surface area contributed by atoms with Gasteiger partial charge in [0.1, 0.15) is 23.8 Å². The van der Waals surface area contributed by atoms with Gasteiger partial charge >= 0.3 is 0 Å². The largest absolute Gasteiger partial charge is 0.381 e. The number of amides is 5. The zero-order valence-corrected chi connectivity index (χ0v) is 28.5. The average Bonchev–Trinajstić information content (AvgIpc) is 3.65. The minimum atomic E-state index is -1.39. The number of carbonyl (C=O) groups excluding carboxylic acids is 5. The predicted molar refractivity (Wildman–Crippen MR) is 177 cm³/mol. The number of aromatic nitrogens is 2. The van der Waals surface area contributed by atoms with Crippen molar-refractivity contribution in [1.29, 1.82) is 0 Å². The van der Waals surface area contributed by atoms with Gasteiger partial charge in [-0.25, -0.2) is 4.98 Å². The second kappa shape index (κ2) is 16.2. The molecule has 264 valence electrons. The van der Waals surface area contributed by atoms with Gasteiger partial charge < -0.3 is 31.3 Å². The van der Waals surface area contributed by atoms with E-state index in [1.165, 1.54) is 18.6 Å². The van der Waals surface area contributed by atoms with E-state index < -0.39 is 48.0 Å². The fourth-order valence-corrected chi connectivity index (χ4v) is 7.89. The summed E-state index contributed by atoms with van der Waals surface area (Å²) in [5.74, 6) is -2.41. The summed E-state index contributed by atoms with van der Waals surface area (Å²) in [5.41, 5.74) is 0.108. The van der Waals surface area contributed by atoms with Crippen LogP contribution in [-0.4, -0.2) is 92.4 Å². The Morgan fingerprint density at radius 2 is 1.67 bits per heavy atom. The van der Waals surface area contributed by atoms with Gasteiger partial charge in [0.05, 0.1) is 12.2 Å². The van der Waals surface area contributed by atoms with Crippen molar-refractivity contribution < 1.29 is 29.1 Å². The van der Waals surface area contributed by atoms with Crippen LogP contribution in [0.1, 0.15) is 108 Å². The number of fused-ring (bicyclic) bond motifs is 1. The van der Waals surface area contributed by atoms with E-state index in [-0.39, 0.29) is 47.2 Å². The predicted octanol–water partition coefficient (Wildman–Crippen LogP) is 1.85. The topological polar surface area (TPSA) is 183 Å². The first-order valence-corrected chi connectivity index (χ1v) is 18.1. The van der Waals surface area contributed by atoms with Gasteiger partial charge in [-0.3, -0.25) is 29.0 Å². The molecule has 4 aliphatic rings. The fourth-order valence-electron chi connectivity index (χ4n) is 7.89. The first-order chi connectivity index (χ1) is 23.1. The van der Waals surface area contributed by atoms with Crippen LogP contribution < -0.4 is 21.3 Å². The molecule has 5 amide bonds. The summed E-state index contributed by atoms with van der Waals surface area (Å²) in [4.78, 5) is 78.0. The van der Waals surface area contributed by atoms with Crippen molar-refractivity contribution in [2.24, 2.45) is 23.7 Å². The molecule has 1 unspecified atom stereocenters. The molecule has 5 rings (SSSR count). The van der Waals surface area contributed by atoms with E-state index >= 15 is 0 Å². The quantitative estimate of drug-likeness (QED) is 0.199. The van der Waals surface area contributed by atoms with Crippen molar-refractivity contribution in [2.45, 2.75) is 134 Å². The number of hydrogen-bond acceptors (Lipinski definition) is 8. The summed E-state index contributed by atoms with van der Waals surface area (Å²) in [5, 5.41) is 22.5. The summed E-state index contributed by atoms with van der Waals surface area (Å²) in [7, 11) is 0. The molecule has 48 heavy (non-hydrogen) atoms. The standard InChI is InChI=1S/C35H53N7O6/c1-4-9-25(30(43)34(47)38-23-14-15-23)39-33(46)29-24-13-8-12-22(24)19-42(29)35(48)27(20(2)3)40-32(45)28(21-10-6-5-7-11-21)41-31(44)26-18-36-16-17-37-26/h16-18,20-25,27-30,43H,4-15,19H2,1-3H3,(H,38,47)(H,39,46)(H,40,45)(H,41,44)/t22-,24-,25-,27-,28-,29-,30?/m0/s1. The molecular weight excluding hydrogens is 614 g/mol. The summed E-state index contributed by atoms with van der Waals surface area (Å²) in [6.45, 7) is 6.04. The molecular formula is C35H53N7O6. The smallest absolute Gasteiger partial charge is 0.272 e. The molecule has 4 fully saturated rings. The third-order valence-corrected chi connectivity index (χ3v) is 10.7. The van der Waals surface area contributed by atoms with Gasteiger partial charge in [0.15, 0.2) is 6.10 Å². The minimum absolute atomic E-state index is 0.0431. The lowest BCUT2D eigenvalue weighted by atomic mass is 9.83. The normalized spacial score (nSPS) is 25.0. The Morgan fingerprint density at radius 3 is 2.31 bits per heavy atom. The van der Waals surface area contributed by atoms with Crippen LogP contribution in [-0.2, 0) is 19.2 Å². The van der Waals surface area contributed by atoms with Gasteiger partial charge in [-0.1, -0.05) is 52.9 Å². The molecule has 1 aromatic heterocycles. The second-order valence-electron chi connectivity index (χ2n) is 14.6. The Hall–Kier alpha value is -3.61. The van der Waals surface area contributed by atoms with E-state index in [0.717, 1.165) is 64.2 Å². The lowest BCUT2D eigenvalue weighted by Gasteiger charge is -2.35. The number of nitrogens with zero attached hydrogens (tertiary/aromatic N) is 3. The molecule has 5 N–H and O–H groups in total. The molecule has 2 heterocycles. The van der Waals surface area contributed by atoms with Gasteiger partial charge in [-0.05, 0) is 68.6 Å². The van der Waals surface area contributed by atoms with E-state index in [0.29, 0.717) is 19.4 Å². The molecule has 1 saturated heterocycles. The lowest BCUT2D eigenvalue weighted by Crippen LogP contribution is -2.61. The Morgan fingerprint density at radius 1 is 0.917 bits per heavy atom. The molecule has 1 aliphatic heterocycles. The van der Waals surface area contributed by atoms with Gasteiger partial charge in [0.25, 0.3) is 11.8 Å². The van der Waals surface area contributed by atoms with Gasteiger partial charge in [0.2, 0.25) is 17.7 Å². The van der Waals surface area contributed by atoms with Crippen molar-refractivity contribution in [3.05, 3.63) is 24.3 Å².